The highest BCUT2D eigenvalue weighted by Crippen LogP contribution is 2.18. The highest BCUT2D eigenvalue weighted by Gasteiger charge is 1.99. The highest BCUT2D eigenvalue weighted by molar-refractivity contribution is 5.55. The monoisotopic (exact) mass is 374 g/mol. The second-order valence-electron chi connectivity index (χ2n) is 7.45. The van der Waals surface area contributed by atoms with Crippen LogP contribution in [0.15, 0.2) is 30.8 Å². The molecule has 2 heteroatoms. The molecule has 0 aliphatic heterocycles. The molecule has 0 amide bonds. The van der Waals surface area contributed by atoms with E-state index >= 15 is 0 Å². The first-order valence-electron chi connectivity index (χ1n) is 11.3. The molecule has 0 atom stereocenters. The Labute approximate surface area is 168 Å². The van der Waals surface area contributed by atoms with Crippen LogP contribution in [0.2, 0.25) is 0 Å². The van der Waals surface area contributed by atoms with Gasteiger partial charge >= 0.3 is 0 Å². The van der Waals surface area contributed by atoms with Gasteiger partial charge in [0.1, 0.15) is 12.4 Å². The minimum Gasteiger partial charge on any atom is -0.491 e. The topological polar surface area (TPSA) is 18.5 Å². The first-order valence-corrected chi connectivity index (χ1v) is 11.3. The molecule has 1 aromatic carbocycles. The van der Waals surface area contributed by atoms with Gasteiger partial charge in [-0.3, -0.25) is 0 Å². The maximum Gasteiger partial charge on any atom is 0.126 e. The smallest absolute Gasteiger partial charge is 0.126 e. The fraction of sp³-hybridized carbons (Fsp3) is 0.680. The molecule has 27 heavy (non-hydrogen) atoms. The zero-order valence-corrected chi connectivity index (χ0v) is 17.7. The third-order valence-electron chi connectivity index (χ3n) is 5.02. The molecule has 0 aliphatic carbocycles. The SMILES string of the molecule is C=Cc1ccccc1OCCOCCCCCCCCCCCCCCC. The lowest BCUT2D eigenvalue weighted by Gasteiger charge is -2.09. The molecule has 0 fully saturated rings. The van der Waals surface area contributed by atoms with Gasteiger partial charge in [0.25, 0.3) is 0 Å². The summed E-state index contributed by atoms with van der Waals surface area (Å²) in [5, 5.41) is 0. The largest absolute Gasteiger partial charge is 0.491 e. The van der Waals surface area contributed by atoms with Crippen LogP contribution in [0.25, 0.3) is 6.08 Å². The maximum atomic E-state index is 5.75. The van der Waals surface area contributed by atoms with E-state index in [9.17, 15) is 0 Å². The van der Waals surface area contributed by atoms with Crippen molar-refractivity contribution < 1.29 is 9.47 Å². The van der Waals surface area contributed by atoms with Crippen LogP contribution in [0, 0.1) is 0 Å². The summed E-state index contributed by atoms with van der Waals surface area (Å²) in [5.74, 6) is 0.886. The van der Waals surface area contributed by atoms with Crippen molar-refractivity contribution >= 4 is 6.08 Å². The Morgan fingerprint density at radius 1 is 0.704 bits per heavy atom. The summed E-state index contributed by atoms with van der Waals surface area (Å²) >= 11 is 0. The number of para-hydroxylation sites is 1. The van der Waals surface area contributed by atoms with E-state index in [0.717, 1.165) is 17.9 Å². The Kier molecular flexibility index (Phi) is 15.9. The molecule has 154 valence electrons. The van der Waals surface area contributed by atoms with Crippen LogP contribution in [0.5, 0.6) is 5.75 Å². The predicted octanol–water partition coefficient (Wildman–Crippen LogP) is 7.82. The van der Waals surface area contributed by atoms with E-state index in [0.29, 0.717) is 13.2 Å². The molecule has 0 N–H and O–H groups in total. The second-order valence-corrected chi connectivity index (χ2v) is 7.45. The van der Waals surface area contributed by atoms with Crippen molar-refractivity contribution in [3.8, 4) is 5.75 Å². The molecule has 0 aromatic heterocycles. The lowest BCUT2D eigenvalue weighted by molar-refractivity contribution is 0.0970. The van der Waals surface area contributed by atoms with Gasteiger partial charge in [0.05, 0.1) is 6.61 Å². The van der Waals surface area contributed by atoms with Crippen LogP contribution in [0.3, 0.4) is 0 Å². The molecular weight excluding hydrogens is 332 g/mol. The number of hydrogen-bond donors (Lipinski definition) is 0. The Balaban J connectivity index is 1.78. The first-order chi connectivity index (χ1) is 13.4. The summed E-state index contributed by atoms with van der Waals surface area (Å²) in [6, 6.07) is 7.96. The van der Waals surface area contributed by atoms with Crippen LogP contribution in [-0.4, -0.2) is 19.8 Å². The van der Waals surface area contributed by atoms with Gasteiger partial charge in [0, 0.05) is 12.2 Å². The minimum absolute atomic E-state index is 0.600. The molecule has 1 rings (SSSR count). The van der Waals surface area contributed by atoms with E-state index in [1.165, 1.54) is 83.5 Å². The molecule has 0 spiro atoms. The van der Waals surface area contributed by atoms with Gasteiger partial charge in [0.2, 0.25) is 0 Å². The number of hydrogen-bond acceptors (Lipinski definition) is 2. The fourth-order valence-electron chi connectivity index (χ4n) is 3.32. The number of unbranched alkanes of at least 4 members (excludes halogenated alkanes) is 12. The van der Waals surface area contributed by atoms with E-state index in [-0.39, 0.29) is 0 Å². The molecule has 0 radical (unpaired) electrons. The minimum atomic E-state index is 0.600. The summed E-state index contributed by atoms with van der Waals surface area (Å²) < 4.78 is 11.4. The third kappa shape index (κ3) is 13.5. The van der Waals surface area contributed by atoms with Crippen LogP contribution >= 0.6 is 0 Å². The van der Waals surface area contributed by atoms with E-state index in [2.05, 4.69) is 13.5 Å². The second kappa shape index (κ2) is 18.1. The van der Waals surface area contributed by atoms with E-state index in [4.69, 9.17) is 9.47 Å². The first kappa shape index (κ1) is 23.8. The molecule has 0 heterocycles. The summed E-state index contributed by atoms with van der Waals surface area (Å²) in [6.45, 7) is 8.20. The molecule has 0 saturated heterocycles. The Hall–Kier alpha value is -1.28. The Morgan fingerprint density at radius 3 is 1.85 bits per heavy atom. The standard InChI is InChI=1S/C25H42O2/c1-3-5-6-7-8-9-10-11-12-13-14-15-18-21-26-22-23-27-25-20-17-16-19-24(25)4-2/h4,16-17,19-20H,2-3,5-15,18,21-23H2,1H3. The van der Waals surface area contributed by atoms with Crippen LogP contribution in [0.1, 0.15) is 96.0 Å². The molecule has 0 unspecified atom stereocenters. The predicted molar refractivity (Wildman–Crippen MR) is 119 cm³/mol. The van der Waals surface area contributed by atoms with Gasteiger partial charge in [-0.1, -0.05) is 115 Å². The van der Waals surface area contributed by atoms with E-state index in [1.54, 1.807) is 0 Å². The highest BCUT2D eigenvalue weighted by atomic mass is 16.5. The lowest BCUT2D eigenvalue weighted by Crippen LogP contribution is -2.08. The number of rotatable bonds is 19. The van der Waals surface area contributed by atoms with Crippen molar-refractivity contribution in [1.82, 2.24) is 0 Å². The fourth-order valence-corrected chi connectivity index (χ4v) is 3.32. The van der Waals surface area contributed by atoms with Gasteiger partial charge in [0.15, 0.2) is 0 Å². The molecule has 1 aromatic rings. The van der Waals surface area contributed by atoms with Crippen LogP contribution in [0.4, 0.5) is 0 Å². The molecule has 0 bridgehead atoms. The van der Waals surface area contributed by atoms with E-state index < -0.39 is 0 Å². The lowest BCUT2D eigenvalue weighted by atomic mass is 10.0. The summed E-state index contributed by atoms with van der Waals surface area (Å²) in [6.07, 6.45) is 19.8. The number of ether oxygens (including phenoxy) is 2. The Morgan fingerprint density at radius 2 is 1.26 bits per heavy atom. The van der Waals surface area contributed by atoms with Crippen molar-refractivity contribution in [3.63, 3.8) is 0 Å². The quantitative estimate of drug-likeness (QED) is 0.230. The summed E-state index contributed by atoms with van der Waals surface area (Å²) in [5.41, 5.74) is 1.04. The Bertz CT molecular complexity index is 455. The molecular formula is C25H42O2. The van der Waals surface area contributed by atoms with Crippen molar-refractivity contribution in [3.05, 3.63) is 36.4 Å². The van der Waals surface area contributed by atoms with Crippen molar-refractivity contribution in [2.75, 3.05) is 19.8 Å². The maximum absolute atomic E-state index is 5.75. The van der Waals surface area contributed by atoms with Gasteiger partial charge < -0.3 is 9.47 Å². The number of benzene rings is 1. The third-order valence-corrected chi connectivity index (χ3v) is 5.02. The summed E-state index contributed by atoms with van der Waals surface area (Å²) in [7, 11) is 0. The van der Waals surface area contributed by atoms with Gasteiger partial charge in [-0.05, 0) is 12.5 Å². The normalized spacial score (nSPS) is 10.9. The van der Waals surface area contributed by atoms with Crippen LogP contribution < -0.4 is 4.74 Å². The summed E-state index contributed by atoms with van der Waals surface area (Å²) in [4.78, 5) is 0. The molecule has 2 nitrogen and oxygen atoms in total. The molecule has 0 aliphatic rings. The van der Waals surface area contributed by atoms with Crippen molar-refractivity contribution in [2.45, 2.75) is 90.4 Å². The van der Waals surface area contributed by atoms with Crippen molar-refractivity contribution in [2.24, 2.45) is 0 Å². The zero-order chi connectivity index (χ0) is 19.4. The van der Waals surface area contributed by atoms with Crippen LogP contribution in [-0.2, 0) is 4.74 Å². The van der Waals surface area contributed by atoms with E-state index in [1.807, 2.05) is 30.3 Å². The average molecular weight is 375 g/mol. The zero-order valence-electron chi connectivity index (χ0n) is 17.7. The average Bonchev–Trinajstić information content (AvgIpc) is 2.70. The van der Waals surface area contributed by atoms with Gasteiger partial charge in [-0.2, -0.15) is 0 Å². The van der Waals surface area contributed by atoms with Gasteiger partial charge in [-0.25, -0.2) is 0 Å². The van der Waals surface area contributed by atoms with Gasteiger partial charge in [-0.15, -0.1) is 0 Å². The molecule has 0 saturated carbocycles. The van der Waals surface area contributed by atoms with Crippen molar-refractivity contribution in [1.29, 1.82) is 0 Å².